The van der Waals surface area contributed by atoms with E-state index in [4.69, 9.17) is 0 Å². The maximum absolute atomic E-state index is 4.08. The van der Waals surface area contributed by atoms with Gasteiger partial charge in [-0.15, -0.1) is 13.8 Å². The fraction of sp³-hybridized carbons (Fsp3) is 0.286. The first-order valence-electron chi connectivity index (χ1n) is 2.87. The van der Waals surface area contributed by atoms with Gasteiger partial charge in [0.15, 0.2) is 0 Å². The molecule has 0 saturated heterocycles. The number of hydrogen-bond donors (Lipinski definition) is 0. The minimum absolute atomic E-state index is 0. The normalized spacial score (nSPS) is 8.20. The molecule has 0 radical (unpaired) electrons. The summed E-state index contributed by atoms with van der Waals surface area (Å²) in [5, 5.41) is 0. The molecule has 48 valence electrons. The Hall–Kier alpha value is 0.0539. The molecule has 0 aliphatic carbocycles. The molecule has 1 heterocycles. The summed E-state index contributed by atoms with van der Waals surface area (Å²) in [6.07, 6.45) is 5.13. The van der Waals surface area contributed by atoms with E-state index in [0.29, 0.717) is 0 Å². The van der Waals surface area contributed by atoms with Gasteiger partial charge >= 0.3 is 32.7 Å². The van der Waals surface area contributed by atoms with Crippen molar-refractivity contribution in [1.82, 2.24) is 9.97 Å². The average Bonchev–Trinajstić information content (AvgIpc) is 1.90. The van der Waals surface area contributed by atoms with Gasteiger partial charge in [-0.25, -0.2) is 0 Å². The third-order valence-electron chi connectivity index (χ3n) is 1.08. The smallest absolute Gasteiger partial charge is 0.355 e. The van der Waals surface area contributed by atoms with Gasteiger partial charge in [0.25, 0.3) is 0 Å². The molecule has 0 aromatic carbocycles. The zero-order valence-electron chi connectivity index (χ0n) is 6.20. The van der Waals surface area contributed by atoms with Gasteiger partial charge in [0.2, 0.25) is 0 Å². The first kappa shape index (κ1) is 10.1. The van der Waals surface area contributed by atoms with Crippen molar-refractivity contribution in [3.8, 4) is 0 Å². The number of rotatable bonds is 1. The van der Waals surface area contributed by atoms with Gasteiger partial charge in [-0.2, -0.15) is 5.92 Å². The van der Waals surface area contributed by atoms with Gasteiger partial charge in [-0.05, 0) is 0 Å². The van der Waals surface area contributed by atoms with Crippen LogP contribution in [0.5, 0.6) is 0 Å². The molecule has 0 spiro atoms. The van der Waals surface area contributed by atoms with Crippen molar-refractivity contribution in [3.63, 3.8) is 0 Å². The maximum atomic E-state index is 4.08. The van der Waals surface area contributed by atoms with Crippen molar-refractivity contribution in [2.24, 2.45) is 0 Å². The van der Waals surface area contributed by atoms with Crippen molar-refractivity contribution >= 4 is 0 Å². The van der Waals surface area contributed by atoms with E-state index in [1.807, 2.05) is 13.8 Å². The third-order valence-corrected chi connectivity index (χ3v) is 1.08. The van der Waals surface area contributed by atoms with Crippen molar-refractivity contribution < 1.29 is 32.7 Å². The molecule has 1 rings (SSSR count). The molecule has 0 unspecified atom stereocenters. The number of aromatic nitrogens is 2. The summed E-state index contributed by atoms with van der Waals surface area (Å²) in [6, 6.07) is 0. The minimum Gasteiger partial charge on any atom is -0.355 e. The Bertz CT molecular complexity index is 174. The van der Waals surface area contributed by atoms with Crippen LogP contribution in [0.25, 0.3) is 0 Å². The quantitative estimate of drug-likeness (QED) is 0.655. The molecular weight excluding hydrogens is 201 g/mol. The molecule has 2 nitrogen and oxygen atoms in total. The molecule has 3 heteroatoms. The monoisotopic (exact) mass is 210 g/mol. The summed E-state index contributed by atoms with van der Waals surface area (Å²) in [6.45, 7) is 4.04. The molecule has 1 aromatic heterocycles. The fourth-order valence-corrected chi connectivity index (χ4v) is 0.557. The van der Waals surface area contributed by atoms with E-state index in [1.54, 1.807) is 18.6 Å². The van der Waals surface area contributed by atoms with Gasteiger partial charge in [0.1, 0.15) is 0 Å². The molecule has 10 heavy (non-hydrogen) atoms. The van der Waals surface area contributed by atoms with Gasteiger partial charge in [0.05, 0.1) is 0 Å². The van der Waals surface area contributed by atoms with E-state index in [1.165, 1.54) is 5.92 Å². The van der Waals surface area contributed by atoms with Crippen LogP contribution < -0.4 is 0 Å². The van der Waals surface area contributed by atoms with Crippen LogP contribution in [0.1, 0.15) is 19.5 Å². The number of nitrogens with zero attached hydrogens (tertiary/aromatic N) is 2. The Labute approximate surface area is 86.3 Å². The topological polar surface area (TPSA) is 25.8 Å². The SMILES string of the molecule is C[C-](C)c1cnccn1.[Y+3]. The zero-order chi connectivity index (χ0) is 6.69. The Morgan fingerprint density at radius 3 is 2.30 bits per heavy atom. The predicted molar refractivity (Wildman–Crippen MR) is 35.7 cm³/mol. The van der Waals surface area contributed by atoms with Gasteiger partial charge in [-0.3, -0.25) is 4.98 Å². The summed E-state index contributed by atoms with van der Waals surface area (Å²) in [4.78, 5) is 8.00. The molecule has 1 aromatic rings. The maximum Gasteiger partial charge on any atom is 3.00 e. The number of hydrogen-bond acceptors (Lipinski definition) is 2. The van der Waals surface area contributed by atoms with Gasteiger partial charge in [0, 0.05) is 12.4 Å². The van der Waals surface area contributed by atoms with Crippen LogP contribution in [0.2, 0.25) is 0 Å². The summed E-state index contributed by atoms with van der Waals surface area (Å²) in [5.41, 5.74) is 0.970. The van der Waals surface area contributed by atoms with E-state index in [9.17, 15) is 0 Å². The first-order valence-corrected chi connectivity index (χ1v) is 2.87. The standard InChI is InChI=1S/C7H9N2.Y/c1-6(2)7-5-8-3-4-9-7;/h3-5H,1-2H3;/q-1;+3. The Morgan fingerprint density at radius 2 is 2.00 bits per heavy atom. The van der Waals surface area contributed by atoms with Crippen molar-refractivity contribution in [1.29, 1.82) is 0 Å². The van der Waals surface area contributed by atoms with Crippen LogP contribution in [0.3, 0.4) is 0 Å². The Kier molecular flexibility index (Phi) is 4.83. The molecule has 0 bridgehead atoms. The van der Waals surface area contributed by atoms with Crippen LogP contribution in [0, 0.1) is 5.92 Å². The zero-order valence-corrected chi connectivity index (χ0v) is 9.04. The second-order valence-electron chi connectivity index (χ2n) is 2.09. The second kappa shape index (κ2) is 4.81. The van der Waals surface area contributed by atoms with E-state index >= 15 is 0 Å². The summed E-state index contributed by atoms with van der Waals surface area (Å²) in [7, 11) is 0. The van der Waals surface area contributed by atoms with Crippen molar-refractivity contribution in [2.75, 3.05) is 0 Å². The molecule has 0 fully saturated rings. The molecule has 0 amide bonds. The van der Waals surface area contributed by atoms with E-state index in [-0.39, 0.29) is 32.7 Å². The Balaban J connectivity index is 0.000000810. The van der Waals surface area contributed by atoms with Crippen LogP contribution in [-0.4, -0.2) is 9.97 Å². The minimum atomic E-state index is 0. The van der Waals surface area contributed by atoms with E-state index in [0.717, 1.165) is 5.69 Å². The van der Waals surface area contributed by atoms with Gasteiger partial charge in [-0.1, -0.05) is 11.9 Å². The first-order chi connectivity index (χ1) is 4.30. The van der Waals surface area contributed by atoms with Crippen LogP contribution in [0.4, 0.5) is 0 Å². The van der Waals surface area contributed by atoms with Crippen LogP contribution in [0.15, 0.2) is 18.6 Å². The molecule has 0 saturated carbocycles. The second-order valence-corrected chi connectivity index (χ2v) is 2.09. The van der Waals surface area contributed by atoms with E-state index < -0.39 is 0 Å². The van der Waals surface area contributed by atoms with Gasteiger partial charge < -0.3 is 4.98 Å². The molecule has 0 N–H and O–H groups in total. The summed E-state index contributed by atoms with van der Waals surface area (Å²) >= 11 is 0. The van der Waals surface area contributed by atoms with Crippen molar-refractivity contribution in [2.45, 2.75) is 13.8 Å². The largest absolute Gasteiger partial charge is 3.00 e. The summed E-state index contributed by atoms with van der Waals surface area (Å²) < 4.78 is 0. The molecule has 0 aliphatic rings. The Morgan fingerprint density at radius 1 is 1.30 bits per heavy atom. The van der Waals surface area contributed by atoms with Crippen molar-refractivity contribution in [3.05, 3.63) is 30.2 Å². The van der Waals surface area contributed by atoms with E-state index in [2.05, 4.69) is 9.97 Å². The molecular formula is C7H9N2Y+2. The predicted octanol–water partition coefficient (Wildman–Crippen LogP) is 1.44. The molecule has 0 atom stereocenters. The van der Waals surface area contributed by atoms with Crippen LogP contribution >= 0.6 is 0 Å². The average molecular weight is 210 g/mol. The molecule has 0 aliphatic heterocycles. The van der Waals surface area contributed by atoms with Crippen LogP contribution in [-0.2, 0) is 32.7 Å². The summed E-state index contributed by atoms with van der Waals surface area (Å²) in [5.74, 6) is 1.20. The fourth-order valence-electron chi connectivity index (χ4n) is 0.557. The third kappa shape index (κ3) is 2.76.